The Balaban J connectivity index is 2.30. The zero-order valence-corrected chi connectivity index (χ0v) is 10.3. The first-order valence-electron chi connectivity index (χ1n) is 5.91. The normalized spacial score (nSPS) is 11.1. The Morgan fingerprint density at radius 2 is 1.94 bits per heavy atom. The lowest BCUT2D eigenvalue weighted by Gasteiger charge is -2.09. The summed E-state index contributed by atoms with van der Waals surface area (Å²) in [5.74, 6) is 1.35. The Morgan fingerprint density at radius 1 is 1.24 bits per heavy atom. The first-order valence-corrected chi connectivity index (χ1v) is 5.91. The quantitative estimate of drug-likeness (QED) is 0.872. The molecule has 0 fully saturated rings. The average molecular weight is 230 g/mol. The fraction of sp³-hybridized carbons (Fsp3) is 0.385. The molecule has 2 N–H and O–H groups in total. The monoisotopic (exact) mass is 230 g/mol. The third-order valence-corrected chi connectivity index (χ3v) is 2.74. The van der Waals surface area contributed by atoms with Gasteiger partial charge in [-0.25, -0.2) is 0 Å². The van der Waals surface area contributed by atoms with E-state index in [1.54, 1.807) is 6.33 Å². The minimum atomic E-state index is 0.362. The average Bonchev–Trinajstić information content (AvgIpc) is 2.79. The number of nitrogens with two attached hydrogens (primary N) is 1. The molecule has 1 aromatic heterocycles. The number of rotatable bonds is 4. The van der Waals surface area contributed by atoms with E-state index >= 15 is 0 Å². The van der Waals surface area contributed by atoms with Crippen LogP contribution in [0.4, 0.5) is 0 Å². The fourth-order valence-electron chi connectivity index (χ4n) is 1.83. The zero-order chi connectivity index (χ0) is 12.3. The van der Waals surface area contributed by atoms with Crippen LogP contribution in [0.5, 0.6) is 0 Å². The van der Waals surface area contributed by atoms with E-state index < -0.39 is 0 Å². The topological polar surface area (TPSA) is 56.7 Å². The lowest BCUT2D eigenvalue weighted by Crippen LogP contribution is -2.04. The molecule has 0 atom stereocenters. The summed E-state index contributed by atoms with van der Waals surface area (Å²) >= 11 is 0. The van der Waals surface area contributed by atoms with Crippen molar-refractivity contribution in [1.82, 2.24) is 14.8 Å². The van der Waals surface area contributed by atoms with E-state index in [0.29, 0.717) is 12.5 Å². The van der Waals surface area contributed by atoms with Crippen molar-refractivity contribution in [3.05, 3.63) is 42.0 Å². The molecule has 0 aliphatic rings. The number of hydrogen-bond acceptors (Lipinski definition) is 3. The van der Waals surface area contributed by atoms with E-state index in [1.165, 1.54) is 5.56 Å². The van der Waals surface area contributed by atoms with Crippen molar-refractivity contribution >= 4 is 0 Å². The molecule has 1 aromatic carbocycles. The summed E-state index contributed by atoms with van der Waals surface area (Å²) in [6.45, 7) is 4.91. The Bertz CT molecular complexity index is 470. The lowest BCUT2D eigenvalue weighted by atomic mass is 10.1. The SMILES string of the molecule is CC(C)c1nncn1-c1ccc(CCN)cc1. The third kappa shape index (κ3) is 2.53. The van der Waals surface area contributed by atoms with Gasteiger partial charge in [0.1, 0.15) is 12.2 Å². The molecule has 0 spiro atoms. The molecule has 0 aliphatic carbocycles. The van der Waals surface area contributed by atoms with Crippen molar-refractivity contribution in [3.63, 3.8) is 0 Å². The van der Waals surface area contributed by atoms with E-state index in [9.17, 15) is 0 Å². The molecule has 1 heterocycles. The molecule has 0 bridgehead atoms. The van der Waals surface area contributed by atoms with Crippen LogP contribution in [-0.4, -0.2) is 21.3 Å². The van der Waals surface area contributed by atoms with Crippen molar-refractivity contribution in [2.75, 3.05) is 6.54 Å². The molecule has 2 aromatic rings. The molecule has 0 unspecified atom stereocenters. The van der Waals surface area contributed by atoms with Gasteiger partial charge in [-0.15, -0.1) is 10.2 Å². The van der Waals surface area contributed by atoms with Crippen molar-refractivity contribution in [3.8, 4) is 5.69 Å². The second-order valence-electron chi connectivity index (χ2n) is 4.42. The highest BCUT2D eigenvalue weighted by Crippen LogP contribution is 2.17. The number of benzene rings is 1. The largest absolute Gasteiger partial charge is 0.330 e. The van der Waals surface area contributed by atoms with Crippen molar-refractivity contribution in [2.24, 2.45) is 5.73 Å². The van der Waals surface area contributed by atoms with Crippen LogP contribution in [0.3, 0.4) is 0 Å². The van der Waals surface area contributed by atoms with E-state index in [0.717, 1.165) is 17.9 Å². The number of hydrogen-bond donors (Lipinski definition) is 1. The van der Waals surface area contributed by atoms with Crippen LogP contribution in [0.25, 0.3) is 5.69 Å². The van der Waals surface area contributed by atoms with Crippen molar-refractivity contribution in [1.29, 1.82) is 0 Å². The molecular weight excluding hydrogens is 212 g/mol. The van der Waals surface area contributed by atoms with Crippen LogP contribution < -0.4 is 5.73 Å². The van der Waals surface area contributed by atoms with Crippen molar-refractivity contribution < 1.29 is 0 Å². The number of nitrogens with zero attached hydrogens (tertiary/aromatic N) is 3. The van der Waals surface area contributed by atoms with E-state index in [2.05, 4.69) is 48.3 Å². The second kappa shape index (κ2) is 5.10. The summed E-state index contributed by atoms with van der Waals surface area (Å²) in [5.41, 5.74) is 7.89. The van der Waals surface area contributed by atoms with E-state index in [-0.39, 0.29) is 0 Å². The fourth-order valence-corrected chi connectivity index (χ4v) is 1.83. The molecule has 0 amide bonds. The van der Waals surface area contributed by atoms with Gasteiger partial charge in [-0.2, -0.15) is 0 Å². The van der Waals surface area contributed by atoms with Crippen LogP contribution in [0.15, 0.2) is 30.6 Å². The summed E-state index contributed by atoms with van der Waals surface area (Å²) in [5, 5.41) is 8.12. The standard InChI is InChI=1S/C13H18N4/c1-10(2)13-16-15-9-17(13)12-5-3-11(4-6-12)7-8-14/h3-6,9-10H,7-8,14H2,1-2H3. The van der Waals surface area contributed by atoms with Gasteiger partial charge >= 0.3 is 0 Å². The van der Waals surface area contributed by atoms with Gasteiger partial charge in [0.15, 0.2) is 0 Å². The predicted octanol–water partition coefficient (Wildman–Crippen LogP) is 1.89. The Kier molecular flexibility index (Phi) is 3.54. The lowest BCUT2D eigenvalue weighted by molar-refractivity contribution is 0.745. The first-order chi connectivity index (χ1) is 8.22. The number of aromatic nitrogens is 3. The summed E-state index contributed by atoms with van der Waals surface area (Å²) in [4.78, 5) is 0. The molecule has 17 heavy (non-hydrogen) atoms. The van der Waals surface area contributed by atoms with Crippen LogP contribution in [0.2, 0.25) is 0 Å². The molecule has 90 valence electrons. The highest BCUT2D eigenvalue weighted by Gasteiger charge is 2.09. The highest BCUT2D eigenvalue weighted by molar-refractivity contribution is 5.35. The molecule has 0 saturated heterocycles. The maximum atomic E-state index is 5.53. The Labute approximate surface area is 101 Å². The van der Waals surface area contributed by atoms with Gasteiger partial charge < -0.3 is 5.73 Å². The summed E-state index contributed by atoms with van der Waals surface area (Å²) in [7, 11) is 0. The molecular formula is C13H18N4. The van der Waals surface area contributed by atoms with Gasteiger partial charge in [0.25, 0.3) is 0 Å². The van der Waals surface area contributed by atoms with Crippen molar-refractivity contribution in [2.45, 2.75) is 26.2 Å². The predicted molar refractivity (Wildman–Crippen MR) is 68.2 cm³/mol. The molecule has 0 aliphatic heterocycles. The van der Waals surface area contributed by atoms with Gasteiger partial charge in [0.05, 0.1) is 0 Å². The maximum absolute atomic E-state index is 5.53. The Hall–Kier alpha value is -1.68. The van der Waals surface area contributed by atoms with E-state index in [4.69, 9.17) is 5.73 Å². The van der Waals surface area contributed by atoms with Gasteiger partial charge in [-0.05, 0) is 30.7 Å². The van der Waals surface area contributed by atoms with Crippen LogP contribution >= 0.6 is 0 Å². The van der Waals surface area contributed by atoms with Crippen LogP contribution in [0, 0.1) is 0 Å². The van der Waals surface area contributed by atoms with Crippen LogP contribution in [-0.2, 0) is 6.42 Å². The minimum absolute atomic E-state index is 0.362. The van der Waals surface area contributed by atoms with Gasteiger partial charge in [0.2, 0.25) is 0 Å². The minimum Gasteiger partial charge on any atom is -0.330 e. The zero-order valence-electron chi connectivity index (χ0n) is 10.3. The summed E-state index contributed by atoms with van der Waals surface area (Å²) in [6.07, 6.45) is 2.67. The Morgan fingerprint density at radius 3 is 2.53 bits per heavy atom. The highest BCUT2D eigenvalue weighted by atomic mass is 15.3. The first kappa shape index (κ1) is 11.8. The molecule has 4 heteroatoms. The van der Waals surface area contributed by atoms with Gasteiger partial charge in [0, 0.05) is 11.6 Å². The van der Waals surface area contributed by atoms with Gasteiger partial charge in [-0.1, -0.05) is 26.0 Å². The molecule has 4 nitrogen and oxygen atoms in total. The maximum Gasteiger partial charge on any atom is 0.139 e. The molecule has 0 saturated carbocycles. The van der Waals surface area contributed by atoms with Crippen LogP contribution in [0.1, 0.15) is 31.2 Å². The molecule has 2 rings (SSSR count). The summed E-state index contributed by atoms with van der Waals surface area (Å²) < 4.78 is 2.02. The third-order valence-electron chi connectivity index (χ3n) is 2.74. The molecule has 0 radical (unpaired) electrons. The smallest absolute Gasteiger partial charge is 0.139 e. The second-order valence-corrected chi connectivity index (χ2v) is 4.42. The summed E-state index contributed by atoms with van der Waals surface area (Å²) in [6, 6.07) is 8.37. The van der Waals surface area contributed by atoms with Gasteiger partial charge in [-0.3, -0.25) is 4.57 Å². The van der Waals surface area contributed by atoms with E-state index in [1.807, 2.05) is 4.57 Å².